The predicted octanol–water partition coefficient (Wildman–Crippen LogP) is 8.29. The molecule has 8 heteroatoms. The fourth-order valence-corrected chi connectivity index (χ4v) is 5.14. The van der Waals surface area contributed by atoms with Gasteiger partial charge in [-0.2, -0.15) is 5.26 Å². The van der Waals surface area contributed by atoms with Crippen molar-refractivity contribution in [3.8, 4) is 28.5 Å². The summed E-state index contributed by atoms with van der Waals surface area (Å²) in [6, 6.07) is 24.9. The van der Waals surface area contributed by atoms with Crippen LogP contribution < -0.4 is 5.32 Å². The average molecular weight is 539 g/mol. The van der Waals surface area contributed by atoms with Gasteiger partial charge in [-0.25, -0.2) is 4.98 Å². The van der Waals surface area contributed by atoms with Crippen LogP contribution in [0.2, 0.25) is 15.1 Å². The zero-order chi connectivity index (χ0) is 24.9. The molecule has 4 aromatic rings. The van der Waals surface area contributed by atoms with Gasteiger partial charge < -0.3 is 5.32 Å². The Bertz CT molecular complexity index is 1410. The van der Waals surface area contributed by atoms with Crippen LogP contribution in [0.15, 0.2) is 77.8 Å². The van der Waals surface area contributed by atoms with E-state index in [2.05, 4.69) is 11.4 Å². The minimum absolute atomic E-state index is 0.00252. The van der Waals surface area contributed by atoms with Gasteiger partial charge in [0.1, 0.15) is 11.1 Å². The van der Waals surface area contributed by atoms with Gasteiger partial charge in [-0.05, 0) is 30.7 Å². The molecule has 3 aromatic carbocycles. The standard InChI is InChI=1S/C27H18Cl3N3OS/c1-16-7-9-17(10-8-16)20-13-24(18-5-3-2-4-6-18)32-27(21(20)14-31)35-15-25(34)33-26-22(29)11-19(28)12-23(26)30/h2-13H,15H2,1H3,(H,33,34). The Kier molecular flexibility index (Phi) is 8.00. The van der Waals surface area contributed by atoms with Crippen molar-refractivity contribution < 1.29 is 4.79 Å². The quantitative estimate of drug-likeness (QED) is 0.251. The number of aryl methyl sites for hydroxylation is 1. The Hall–Kier alpha value is -3.01. The maximum absolute atomic E-state index is 12.7. The number of thioether (sulfide) groups is 1. The number of hydrogen-bond acceptors (Lipinski definition) is 4. The summed E-state index contributed by atoms with van der Waals surface area (Å²) in [4.78, 5) is 17.5. The van der Waals surface area contributed by atoms with Crippen molar-refractivity contribution in [2.75, 3.05) is 11.1 Å². The second kappa shape index (κ2) is 11.2. The predicted molar refractivity (Wildman–Crippen MR) is 145 cm³/mol. The molecule has 0 atom stereocenters. The number of nitriles is 1. The van der Waals surface area contributed by atoms with Gasteiger partial charge in [-0.15, -0.1) is 0 Å². The summed E-state index contributed by atoms with van der Waals surface area (Å²) in [5, 5.41) is 14.1. The zero-order valence-corrected chi connectivity index (χ0v) is 21.6. The van der Waals surface area contributed by atoms with Gasteiger partial charge in [-0.3, -0.25) is 4.79 Å². The lowest BCUT2D eigenvalue weighted by atomic mass is 9.98. The van der Waals surface area contributed by atoms with Crippen LogP contribution in [-0.4, -0.2) is 16.6 Å². The van der Waals surface area contributed by atoms with E-state index in [1.165, 1.54) is 23.9 Å². The van der Waals surface area contributed by atoms with Crippen LogP contribution in [-0.2, 0) is 4.79 Å². The van der Waals surface area contributed by atoms with Gasteiger partial charge >= 0.3 is 0 Å². The van der Waals surface area contributed by atoms with Crippen molar-refractivity contribution in [3.05, 3.63) is 99.0 Å². The largest absolute Gasteiger partial charge is 0.323 e. The van der Waals surface area contributed by atoms with Crippen molar-refractivity contribution in [2.45, 2.75) is 11.9 Å². The van der Waals surface area contributed by atoms with Gasteiger partial charge in [0.15, 0.2) is 0 Å². The Labute approximate surface area is 222 Å². The number of anilines is 1. The van der Waals surface area contributed by atoms with E-state index in [0.29, 0.717) is 21.3 Å². The molecule has 0 saturated heterocycles. The number of pyridine rings is 1. The van der Waals surface area contributed by atoms with E-state index in [9.17, 15) is 10.1 Å². The van der Waals surface area contributed by atoms with Gasteiger partial charge in [-0.1, -0.05) is 107 Å². The van der Waals surface area contributed by atoms with Crippen molar-refractivity contribution in [3.63, 3.8) is 0 Å². The maximum atomic E-state index is 12.7. The fraction of sp³-hybridized carbons (Fsp3) is 0.0741. The van der Waals surface area contributed by atoms with E-state index in [1.54, 1.807) is 0 Å². The third kappa shape index (κ3) is 5.98. The monoisotopic (exact) mass is 537 g/mol. The lowest BCUT2D eigenvalue weighted by Gasteiger charge is -2.13. The van der Waals surface area contributed by atoms with E-state index < -0.39 is 0 Å². The smallest absolute Gasteiger partial charge is 0.234 e. The van der Waals surface area contributed by atoms with Crippen LogP contribution in [0.25, 0.3) is 22.4 Å². The summed E-state index contributed by atoms with van der Waals surface area (Å²) in [6.07, 6.45) is 0. The molecule has 0 fully saturated rings. The van der Waals surface area contributed by atoms with Crippen LogP contribution in [0, 0.1) is 18.3 Å². The topological polar surface area (TPSA) is 65.8 Å². The minimum Gasteiger partial charge on any atom is -0.323 e. The molecule has 0 radical (unpaired) electrons. The number of benzene rings is 3. The van der Waals surface area contributed by atoms with E-state index in [4.69, 9.17) is 39.8 Å². The van der Waals surface area contributed by atoms with Crippen molar-refractivity contribution >= 4 is 58.2 Å². The van der Waals surface area contributed by atoms with Crippen molar-refractivity contribution in [1.29, 1.82) is 5.26 Å². The highest BCUT2D eigenvalue weighted by Crippen LogP contribution is 2.36. The summed E-state index contributed by atoms with van der Waals surface area (Å²) >= 11 is 19.5. The summed E-state index contributed by atoms with van der Waals surface area (Å²) in [5.41, 5.74) is 5.11. The first-order valence-corrected chi connectivity index (χ1v) is 12.6. The first-order valence-electron chi connectivity index (χ1n) is 10.5. The van der Waals surface area contributed by atoms with E-state index in [0.717, 1.165) is 22.3 Å². The Morgan fingerprint density at radius 1 is 0.971 bits per heavy atom. The highest BCUT2D eigenvalue weighted by atomic mass is 35.5. The van der Waals surface area contributed by atoms with Crippen LogP contribution >= 0.6 is 46.6 Å². The Balaban J connectivity index is 1.68. The normalized spacial score (nSPS) is 10.6. The summed E-state index contributed by atoms with van der Waals surface area (Å²) in [5.74, 6) is -0.337. The minimum atomic E-state index is -0.339. The number of carbonyl (C=O) groups is 1. The fourth-order valence-electron chi connectivity index (χ4n) is 3.42. The molecule has 0 aliphatic heterocycles. The number of nitrogens with zero attached hydrogens (tertiary/aromatic N) is 2. The number of hydrogen-bond donors (Lipinski definition) is 1. The lowest BCUT2D eigenvalue weighted by molar-refractivity contribution is -0.113. The van der Waals surface area contributed by atoms with Crippen molar-refractivity contribution in [2.24, 2.45) is 0 Å². The number of rotatable bonds is 6. The summed E-state index contributed by atoms with van der Waals surface area (Å²) < 4.78 is 0. The Morgan fingerprint density at radius 2 is 1.63 bits per heavy atom. The number of nitrogens with one attached hydrogen (secondary N) is 1. The molecule has 1 aromatic heterocycles. The molecule has 0 bridgehead atoms. The summed E-state index contributed by atoms with van der Waals surface area (Å²) in [6.45, 7) is 2.01. The molecule has 0 spiro atoms. The molecule has 0 unspecified atom stereocenters. The molecule has 174 valence electrons. The number of carbonyl (C=O) groups excluding carboxylic acids is 1. The summed E-state index contributed by atoms with van der Waals surface area (Å²) in [7, 11) is 0. The van der Waals surface area contributed by atoms with Gasteiger partial charge in [0.05, 0.1) is 32.7 Å². The third-order valence-electron chi connectivity index (χ3n) is 5.14. The third-order valence-corrected chi connectivity index (χ3v) is 6.93. The molecule has 1 N–H and O–H groups in total. The first-order chi connectivity index (χ1) is 16.9. The number of aromatic nitrogens is 1. The van der Waals surface area contributed by atoms with Crippen LogP contribution in [0.4, 0.5) is 5.69 Å². The number of amides is 1. The average Bonchev–Trinajstić information content (AvgIpc) is 2.85. The number of halogens is 3. The molecular weight excluding hydrogens is 521 g/mol. The second-order valence-electron chi connectivity index (χ2n) is 7.66. The lowest BCUT2D eigenvalue weighted by Crippen LogP contribution is -2.15. The Morgan fingerprint density at radius 3 is 2.26 bits per heavy atom. The van der Waals surface area contributed by atoms with E-state index >= 15 is 0 Å². The molecule has 35 heavy (non-hydrogen) atoms. The molecule has 4 nitrogen and oxygen atoms in total. The molecule has 4 rings (SSSR count). The van der Waals surface area contributed by atoms with E-state index in [-0.39, 0.29) is 27.4 Å². The molecular formula is C27H18Cl3N3OS. The van der Waals surface area contributed by atoms with Crippen LogP contribution in [0.5, 0.6) is 0 Å². The SMILES string of the molecule is Cc1ccc(-c2cc(-c3ccccc3)nc(SCC(=O)Nc3c(Cl)cc(Cl)cc3Cl)c2C#N)cc1. The van der Waals surface area contributed by atoms with Gasteiger partial charge in [0.2, 0.25) is 5.91 Å². The van der Waals surface area contributed by atoms with Crippen LogP contribution in [0.3, 0.4) is 0 Å². The second-order valence-corrected chi connectivity index (χ2v) is 9.88. The van der Waals surface area contributed by atoms with Crippen molar-refractivity contribution in [1.82, 2.24) is 4.98 Å². The molecule has 0 aliphatic carbocycles. The molecule has 1 heterocycles. The van der Waals surface area contributed by atoms with Crippen LogP contribution in [0.1, 0.15) is 11.1 Å². The van der Waals surface area contributed by atoms with E-state index in [1.807, 2.05) is 67.6 Å². The zero-order valence-electron chi connectivity index (χ0n) is 18.5. The maximum Gasteiger partial charge on any atom is 0.234 e. The van der Waals surface area contributed by atoms with Gasteiger partial charge in [0.25, 0.3) is 0 Å². The molecule has 1 amide bonds. The molecule has 0 aliphatic rings. The van der Waals surface area contributed by atoms with Gasteiger partial charge in [0, 0.05) is 16.1 Å². The molecule has 0 saturated carbocycles. The highest BCUT2D eigenvalue weighted by molar-refractivity contribution is 8.00. The first kappa shape index (κ1) is 25.1. The highest BCUT2D eigenvalue weighted by Gasteiger charge is 2.18.